The molecule has 0 fully saturated rings. The number of nitrogen functional groups attached to an aromatic ring is 1. The van der Waals surface area contributed by atoms with E-state index in [4.69, 9.17) is 5.73 Å². The van der Waals surface area contributed by atoms with E-state index >= 15 is 0 Å². The third-order valence-electron chi connectivity index (χ3n) is 2.52. The van der Waals surface area contributed by atoms with Crippen LogP contribution in [0.25, 0.3) is 0 Å². The second kappa shape index (κ2) is 5.77. The van der Waals surface area contributed by atoms with Crippen LogP contribution >= 0.6 is 0 Å². The molecule has 0 atom stereocenters. The number of hydrogen-bond acceptors (Lipinski definition) is 4. The number of nitrogens with zero attached hydrogens (tertiary/aromatic N) is 2. The largest absolute Gasteiger partial charge is 0.397 e. The van der Waals surface area contributed by atoms with Crippen LogP contribution in [0.3, 0.4) is 0 Å². The van der Waals surface area contributed by atoms with Crippen LogP contribution in [0.1, 0.15) is 15.9 Å². The van der Waals surface area contributed by atoms with Gasteiger partial charge in [0.15, 0.2) is 0 Å². The molecule has 1 amide bonds. The van der Waals surface area contributed by atoms with Crippen molar-refractivity contribution >= 4 is 11.6 Å². The smallest absolute Gasteiger partial charge is 0.253 e. The van der Waals surface area contributed by atoms with Crippen LogP contribution in [-0.4, -0.2) is 22.4 Å². The molecule has 5 heteroatoms. The SMILES string of the molecule is Nc1cnccc1C(=O)NCCc1cccnc1. The molecule has 2 rings (SSSR count). The molecule has 0 unspecified atom stereocenters. The molecule has 0 aliphatic rings. The van der Waals surface area contributed by atoms with Crippen molar-refractivity contribution in [3.05, 3.63) is 54.1 Å². The first kappa shape index (κ1) is 12.0. The average Bonchev–Trinajstić information content (AvgIpc) is 2.40. The minimum atomic E-state index is -0.182. The van der Waals surface area contributed by atoms with E-state index in [1.54, 1.807) is 24.7 Å². The maximum atomic E-state index is 11.8. The first-order valence-electron chi connectivity index (χ1n) is 5.64. The van der Waals surface area contributed by atoms with E-state index in [-0.39, 0.29) is 5.91 Å². The molecule has 0 spiro atoms. The second-order valence-corrected chi connectivity index (χ2v) is 3.83. The predicted octanol–water partition coefficient (Wildman–Crippen LogP) is 1.03. The molecule has 18 heavy (non-hydrogen) atoms. The number of aromatic nitrogens is 2. The lowest BCUT2D eigenvalue weighted by Gasteiger charge is -2.06. The predicted molar refractivity (Wildman–Crippen MR) is 68.9 cm³/mol. The van der Waals surface area contributed by atoms with E-state index in [1.165, 1.54) is 6.20 Å². The number of carbonyl (C=O) groups is 1. The van der Waals surface area contributed by atoms with Crippen molar-refractivity contribution < 1.29 is 4.79 Å². The van der Waals surface area contributed by atoms with E-state index in [0.29, 0.717) is 17.8 Å². The number of carbonyl (C=O) groups excluding carboxylic acids is 1. The number of pyridine rings is 2. The fourth-order valence-electron chi connectivity index (χ4n) is 1.58. The van der Waals surface area contributed by atoms with Gasteiger partial charge in [-0.15, -0.1) is 0 Å². The highest BCUT2D eigenvalue weighted by Crippen LogP contribution is 2.07. The van der Waals surface area contributed by atoms with Crippen molar-refractivity contribution in [3.63, 3.8) is 0 Å². The standard InChI is InChI=1S/C13H14N4O/c14-12-9-16-6-4-11(12)13(18)17-7-3-10-2-1-5-15-8-10/h1-2,4-6,8-9H,3,7,14H2,(H,17,18). The third-order valence-corrected chi connectivity index (χ3v) is 2.52. The van der Waals surface area contributed by atoms with Gasteiger partial charge in [-0.25, -0.2) is 0 Å². The molecule has 0 aliphatic heterocycles. The van der Waals surface area contributed by atoms with Gasteiger partial charge >= 0.3 is 0 Å². The van der Waals surface area contributed by atoms with E-state index < -0.39 is 0 Å². The van der Waals surface area contributed by atoms with Crippen molar-refractivity contribution in [1.29, 1.82) is 0 Å². The van der Waals surface area contributed by atoms with Gasteiger partial charge in [-0.05, 0) is 24.1 Å². The lowest BCUT2D eigenvalue weighted by molar-refractivity contribution is 0.0955. The van der Waals surface area contributed by atoms with Gasteiger partial charge in [-0.2, -0.15) is 0 Å². The van der Waals surface area contributed by atoms with Crippen LogP contribution in [0.4, 0.5) is 5.69 Å². The summed E-state index contributed by atoms with van der Waals surface area (Å²) in [4.78, 5) is 19.7. The minimum absolute atomic E-state index is 0.182. The van der Waals surface area contributed by atoms with Gasteiger partial charge < -0.3 is 11.1 Å². The highest BCUT2D eigenvalue weighted by atomic mass is 16.1. The van der Waals surface area contributed by atoms with Crippen molar-refractivity contribution in [2.45, 2.75) is 6.42 Å². The molecule has 0 bridgehead atoms. The zero-order valence-corrected chi connectivity index (χ0v) is 9.84. The van der Waals surface area contributed by atoms with E-state index in [1.807, 2.05) is 12.1 Å². The summed E-state index contributed by atoms with van der Waals surface area (Å²) in [6.45, 7) is 0.548. The Labute approximate surface area is 105 Å². The molecular formula is C13H14N4O. The Kier molecular flexibility index (Phi) is 3.86. The Morgan fingerprint density at radius 3 is 2.78 bits per heavy atom. The molecule has 0 aromatic carbocycles. The summed E-state index contributed by atoms with van der Waals surface area (Å²) >= 11 is 0. The second-order valence-electron chi connectivity index (χ2n) is 3.83. The van der Waals surface area contributed by atoms with Crippen LogP contribution in [0, 0.1) is 0 Å². The van der Waals surface area contributed by atoms with Gasteiger partial charge in [0.2, 0.25) is 0 Å². The van der Waals surface area contributed by atoms with Crippen LogP contribution in [0.15, 0.2) is 43.0 Å². The van der Waals surface area contributed by atoms with Gasteiger partial charge in [-0.3, -0.25) is 14.8 Å². The molecule has 0 radical (unpaired) electrons. The Morgan fingerprint density at radius 1 is 1.22 bits per heavy atom. The van der Waals surface area contributed by atoms with Gasteiger partial charge in [0.05, 0.1) is 17.4 Å². The third kappa shape index (κ3) is 3.04. The zero-order chi connectivity index (χ0) is 12.8. The molecule has 0 aliphatic carbocycles. The number of rotatable bonds is 4. The molecule has 3 N–H and O–H groups in total. The van der Waals surface area contributed by atoms with Crippen LogP contribution in [0.2, 0.25) is 0 Å². The summed E-state index contributed by atoms with van der Waals surface area (Å²) in [5.74, 6) is -0.182. The molecule has 92 valence electrons. The molecule has 0 saturated carbocycles. The number of amides is 1. The molecule has 5 nitrogen and oxygen atoms in total. The molecule has 2 aromatic heterocycles. The Hall–Kier alpha value is -2.43. The Bertz CT molecular complexity index is 528. The van der Waals surface area contributed by atoms with Gasteiger partial charge in [0.1, 0.15) is 0 Å². The van der Waals surface area contributed by atoms with E-state index in [0.717, 1.165) is 12.0 Å². The summed E-state index contributed by atoms with van der Waals surface area (Å²) < 4.78 is 0. The van der Waals surface area contributed by atoms with E-state index in [2.05, 4.69) is 15.3 Å². The fraction of sp³-hybridized carbons (Fsp3) is 0.154. The van der Waals surface area contributed by atoms with Crippen molar-refractivity contribution in [3.8, 4) is 0 Å². The van der Waals surface area contributed by atoms with Gasteiger partial charge in [-0.1, -0.05) is 6.07 Å². The normalized spacial score (nSPS) is 10.0. The van der Waals surface area contributed by atoms with Crippen LogP contribution in [0.5, 0.6) is 0 Å². The van der Waals surface area contributed by atoms with Crippen LogP contribution in [-0.2, 0) is 6.42 Å². The maximum absolute atomic E-state index is 11.8. The zero-order valence-electron chi connectivity index (χ0n) is 9.84. The number of hydrogen-bond donors (Lipinski definition) is 2. The Balaban J connectivity index is 1.88. The van der Waals surface area contributed by atoms with Gasteiger partial charge in [0, 0.05) is 25.1 Å². The number of nitrogens with two attached hydrogens (primary N) is 1. The summed E-state index contributed by atoms with van der Waals surface area (Å²) in [6.07, 6.45) is 7.26. The lowest BCUT2D eigenvalue weighted by atomic mass is 10.2. The van der Waals surface area contributed by atoms with Gasteiger partial charge in [0.25, 0.3) is 5.91 Å². The highest BCUT2D eigenvalue weighted by Gasteiger charge is 2.08. The number of anilines is 1. The van der Waals surface area contributed by atoms with Crippen molar-refractivity contribution in [1.82, 2.24) is 15.3 Å². The monoisotopic (exact) mass is 242 g/mol. The van der Waals surface area contributed by atoms with E-state index in [9.17, 15) is 4.79 Å². The number of nitrogens with one attached hydrogen (secondary N) is 1. The average molecular weight is 242 g/mol. The van der Waals surface area contributed by atoms with Crippen molar-refractivity contribution in [2.24, 2.45) is 0 Å². The quantitative estimate of drug-likeness (QED) is 0.839. The lowest BCUT2D eigenvalue weighted by Crippen LogP contribution is -2.26. The summed E-state index contributed by atoms with van der Waals surface area (Å²) in [6, 6.07) is 5.45. The topological polar surface area (TPSA) is 80.9 Å². The molecular weight excluding hydrogens is 228 g/mol. The summed E-state index contributed by atoms with van der Waals surface area (Å²) in [5.41, 5.74) is 7.60. The minimum Gasteiger partial charge on any atom is -0.397 e. The summed E-state index contributed by atoms with van der Waals surface area (Å²) in [5, 5.41) is 2.81. The molecule has 0 saturated heterocycles. The molecule has 2 aromatic rings. The van der Waals surface area contributed by atoms with Crippen LogP contribution < -0.4 is 11.1 Å². The highest BCUT2D eigenvalue weighted by molar-refractivity contribution is 5.98. The van der Waals surface area contributed by atoms with Crippen molar-refractivity contribution in [2.75, 3.05) is 12.3 Å². The fourth-order valence-corrected chi connectivity index (χ4v) is 1.58. The molecule has 2 heterocycles. The Morgan fingerprint density at radius 2 is 2.06 bits per heavy atom. The first-order valence-corrected chi connectivity index (χ1v) is 5.64. The maximum Gasteiger partial charge on any atom is 0.253 e. The summed E-state index contributed by atoms with van der Waals surface area (Å²) in [7, 11) is 0. The first-order chi connectivity index (χ1) is 8.77.